The largest absolute Gasteiger partial charge is 0.475 e. The normalized spacial score (nSPS) is 36.8. The predicted octanol–water partition coefficient (Wildman–Crippen LogP) is 2.52. The Bertz CT molecular complexity index is 1050. The van der Waals surface area contributed by atoms with Gasteiger partial charge in [-0.05, 0) is 31.9 Å². The number of primary amides is 1. The first-order chi connectivity index (χ1) is 16.2. The Hall–Kier alpha value is -2.11. The van der Waals surface area contributed by atoms with Gasteiger partial charge < -0.3 is 24.8 Å². The second-order valence-electron chi connectivity index (χ2n) is 8.99. The van der Waals surface area contributed by atoms with E-state index in [0.29, 0.717) is 18.4 Å². The number of carbonyl (C=O) groups is 1. The van der Waals surface area contributed by atoms with Gasteiger partial charge in [0, 0.05) is 36.8 Å². The van der Waals surface area contributed by atoms with Crippen molar-refractivity contribution in [3.63, 3.8) is 0 Å². The van der Waals surface area contributed by atoms with E-state index < -0.39 is 43.6 Å². The second-order valence-corrected chi connectivity index (χ2v) is 10.6. The van der Waals surface area contributed by atoms with E-state index >= 15 is 0 Å². The Morgan fingerprint density at radius 2 is 2.26 bits per heavy atom. The Morgan fingerprint density at radius 3 is 3.03 bits per heavy atom. The predicted molar refractivity (Wildman–Crippen MR) is 118 cm³/mol. The summed E-state index contributed by atoms with van der Waals surface area (Å²) in [7, 11) is -3.84. The number of pyridine rings is 1. The average Bonchev–Trinajstić information content (AvgIpc) is 3.29. The molecule has 5 heterocycles. The first kappa shape index (κ1) is 23.6. The number of rotatable bonds is 6. The molecule has 1 aromatic rings. The molecule has 0 aromatic carbocycles. The molecule has 4 aliphatic rings. The topological polar surface area (TPSA) is 132 Å². The molecule has 4 aliphatic heterocycles. The summed E-state index contributed by atoms with van der Waals surface area (Å²) < 4.78 is 48.4. The van der Waals surface area contributed by atoms with Gasteiger partial charge in [0.1, 0.15) is 12.2 Å². The standard InChI is InChI=1S/C22H28N3O8P/c1-21(2)31-19-18(28-14-22(19,33-21)25-9-4-6-16(12-25)20(23)26)13-30-34(27)29-10-7-17(32-34)15-5-3-8-24-11-15/h3-5,8-9,11-12,17-19H,6-7,10,13-14H2,1-2H3,(H2,23,26)/t17?,18?,19-,22?,34?/m1/s1. The van der Waals surface area contributed by atoms with E-state index in [4.69, 9.17) is 33.5 Å². The molecule has 11 nitrogen and oxygen atoms in total. The number of hydrogen-bond acceptors (Lipinski definition) is 10. The first-order valence-corrected chi connectivity index (χ1v) is 12.6. The van der Waals surface area contributed by atoms with Crippen LogP contribution in [0, 0.1) is 0 Å². The number of nitrogens with zero attached hydrogens (tertiary/aromatic N) is 2. The van der Waals surface area contributed by atoms with Crippen molar-refractivity contribution in [3.8, 4) is 0 Å². The lowest BCUT2D eigenvalue weighted by Crippen LogP contribution is -2.53. The second kappa shape index (κ2) is 8.83. The first-order valence-electron chi connectivity index (χ1n) is 11.1. The molecule has 3 fully saturated rings. The molecular formula is C22H28N3O8P. The number of phosphoric acid groups is 1. The summed E-state index contributed by atoms with van der Waals surface area (Å²) in [6, 6.07) is 3.64. The average molecular weight is 493 g/mol. The summed E-state index contributed by atoms with van der Waals surface area (Å²) in [5, 5.41) is 0. The van der Waals surface area contributed by atoms with E-state index in [1.807, 2.05) is 18.3 Å². The minimum Gasteiger partial charge on any atom is -0.368 e. The van der Waals surface area contributed by atoms with E-state index in [0.717, 1.165) is 5.56 Å². The number of aromatic nitrogens is 1. The molecule has 0 spiro atoms. The Balaban J connectivity index is 1.31. The van der Waals surface area contributed by atoms with Gasteiger partial charge in [0.2, 0.25) is 5.91 Å². The molecule has 5 atom stereocenters. The Kier molecular flexibility index (Phi) is 6.14. The zero-order chi connectivity index (χ0) is 24.0. The van der Waals surface area contributed by atoms with Crippen LogP contribution in [0.3, 0.4) is 0 Å². The van der Waals surface area contributed by atoms with Gasteiger partial charge in [-0.15, -0.1) is 0 Å². The summed E-state index contributed by atoms with van der Waals surface area (Å²) in [5.41, 5.74) is 5.69. The highest BCUT2D eigenvalue weighted by molar-refractivity contribution is 7.48. The van der Waals surface area contributed by atoms with Crippen molar-refractivity contribution < 1.29 is 37.1 Å². The third-order valence-corrected chi connectivity index (χ3v) is 7.59. The number of carbonyl (C=O) groups excluding carboxylic acids is 1. The van der Waals surface area contributed by atoms with Gasteiger partial charge in [-0.1, -0.05) is 12.1 Å². The third-order valence-electron chi connectivity index (χ3n) is 6.11. The fourth-order valence-electron chi connectivity index (χ4n) is 4.60. The molecule has 1 aromatic heterocycles. The fraction of sp³-hybridized carbons (Fsp3) is 0.545. The summed E-state index contributed by atoms with van der Waals surface area (Å²) >= 11 is 0. The van der Waals surface area contributed by atoms with Crippen LogP contribution in [0.2, 0.25) is 0 Å². The van der Waals surface area contributed by atoms with Gasteiger partial charge in [0.05, 0.1) is 25.9 Å². The number of allylic oxidation sites excluding steroid dienone is 1. The fourth-order valence-corrected chi connectivity index (χ4v) is 5.99. The van der Waals surface area contributed by atoms with E-state index in [1.165, 1.54) is 0 Å². The van der Waals surface area contributed by atoms with Crippen molar-refractivity contribution >= 4 is 13.7 Å². The summed E-state index contributed by atoms with van der Waals surface area (Å²) in [6.07, 6.45) is 7.90. The summed E-state index contributed by atoms with van der Waals surface area (Å²) in [6.45, 7) is 3.84. The molecule has 2 N–H and O–H groups in total. The highest BCUT2D eigenvalue weighted by Crippen LogP contribution is 2.57. The van der Waals surface area contributed by atoms with Crippen molar-refractivity contribution in [3.05, 3.63) is 54.1 Å². The minimum absolute atomic E-state index is 0.104. The molecule has 0 saturated carbocycles. The van der Waals surface area contributed by atoms with E-state index in [2.05, 4.69) is 4.98 Å². The lowest BCUT2D eigenvalue weighted by molar-refractivity contribution is -0.208. The van der Waals surface area contributed by atoms with Crippen molar-refractivity contribution in [2.75, 3.05) is 19.8 Å². The molecule has 184 valence electrons. The molecule has 0 aliphatic carbocycles. The zero-order valence-corrected chi connectivity index (χ0v) is 19.9. The van der Waals surface area contributed by atoms with Crippen molar-refractivity contribution in [1.82, 2.24) is 9.88 Å². The molecule has 12 heteroatoms. The van der Waals surface area contributed by atoms with E-state index in [-0.39, 0.29) is 19.8 Å². The quantitative estimate of drug-likeness (QED) is 0.590. The van der Waals surface area contributed by atoms with Gasteiger partial charge in [0.25, 0.3) is 0 Å². The molecule has 3 saturated heterocycles. The van der Waals surface area contributed by atoms with Crippen LogP contribution < -0.4 is 5.73 Å². The summed E-state index contributed by atoms with van der Waals surface area (Å²) in [4.78, 5) is 17.6. The maximum Gasteiger partial charge on any atom is 0.475 e. The molecular weight excluding hydrogens is 465 g/mol. The lowest BCUT2D eigenvalue weighted by Gasteiger charge is -2.37. The molecule has 1 amide bonds. The monoisotopic (exact) mass is 493 g/mol. The minimum atomic E-state index is -3.84. The van der Waals surface area contributed by atoms with Crippen molar-refractivity contribution in [1.29, 1.82) is 0 Å². The van der Waals surface area contributed by atoms with Gasteiger partial charge in [0.15, 0.2) is 11.5 Å². The highest BCUT2D eigenvalue weighted by Gasteiger charge is 2.64. The lowest BCUT2D eigenvalue weighted by atomic mass is 10.0. The van der Waals surface area contributed by atoms with Crippen LogP contribution in [0.25, 0.3) is 0 Å². The van der Waals surface area contributed by atoms with E-state index in [9.17, 15) is 9.36 Å². The number of hydrogen-bond donors (Lipinski definition) is 1. The molecule has 0 radical (unpaired) electrons. The van der Waals surface area contributed by atoms with Crippen LogP contribution in [0.5, 0.6) is 0 Å². The number of phosphoric ester groups is 1. The van der Waals surface area contributed by atoms with Crippen LogP contribution in [-0.4, -0.2) is 59.3 Å². The van der Waals surface area contributed by atoms with Crippen molar-refractivity contribution in [2.24, 2.45) is 5.73 Å². The van der Waals surface area contributed by atoms with Gasteiger partial charge >= 0.3 is 7.82 Å². The molecule has 5 rings (SSSR count). The Morgan fingerprint density at radius 1 is 1.41 bits per heavy atom. The molecule has 34 heavy (non-hydrogen) atoms. The smallest absolute Gasteiger partial charge is 0.368 e. The summed E-state index contributed by atoms with van der Waals surface area (Å²) in [5.74, 6) is -1.43. The van der Waals surface area contributed by atoms with Gasteiger partial charge in [-0.3, -0.25) is 23.3 Å². The third kappa shape index (κ3) is 4.45. The highest BCUT2D eigenvalue weighted by atomic mass is 31.2. The van der Waals surface area contributed by atoms with Crippen LogP contribution in [0.1, 0.15) is 38.4 Å². The van der Waals surface area contributed by atoms with Crippen LogP contribution in [0.4, 0.5) is 0 Å². The van der Waals surface area contributed by atoms with Gasteiger partial charge in [-0.25, -0.2) is 4.57 Å². The van der Waals surface area contributed by atoms with Gasteiger partial charge in [-0.2, -0.15) is 0 Å². The molecule has 0 bridgehead atoms. The number of amides is 1. The SMILES string of the molecule is CC1(C)O[C@@H]2C(COP3(=O)OCCC(c4cccnc4)O3)OCC2(N2C=CCC(C(N)=O)=C2)O1. The maximum absolute atomic E-state index is 13.2. The zero-order valence-electron chi connectivity index (χ0n) is 19.0. The van der Waals surface area contributed by atoms with E-state index in [1.54, 1.807) is 43.4 Å². The number of ether oxygens (including phenoxy) is 3. The van der Waals surface area contributed by atoms with Crippen molar-refractivity contribution in [2.45, 2.75) is 56.5 Å². The van der Waals surface area contributed by atoms with Crippen LogP contribution >= 0.6 is 7.82 Å². The van der Waals surface area contributed by atoms with Crippen LogP contribution in [0.15, 0.2) is 48.6 Å². The van der Waals surface area contributed by atoms with Crippen LogP contribution in [-0.2, 0) is 37.1 Å². The number of nitrogens with two attached hydrogens (primary N) is 1. The maximum atomic E-state index is 13.2. The molecule has 4 unspecified atom stereocenters. The number of fused-ring (bicyclic) bond motifs is 1. The Labute approximate surface area is 197 Å².